The lowest BCUT2D eigenvalue weighted by Crippen LogP contribution is -2.02. The maximum atomic E-state index is 5.30. The Bertz CT molecular complexity index is 776. The Hall–Kier alpha value is -3.02. The summed E-state index contributed by atoms with van der Waals surface area (Å²) in [5.74, 6) is 2.32. The Balaban J connectivity index is 1.98. The fourth-order valence-corrected chi connectivity index (χ4v) is 1.95. The molecule has 6 heteroatoms. The van der Waals surface area contributed by atoms with Crippen molar-refractivity contribution in [2.75, 3.05) is 12.4 Å². The number of nitrogens with zero attached hydrogens (tertiary/aromatic N) is 4. The molecule has 0 radical (unpaired) electrons. The molecule has 3 aromatic rings. The van der Waals surface area contributed by atoms with Gasteiger partial charge < -0.3 is 10.1 Å². The number of pyridine rings is 2. The summed E-state index contributed by atoms with van der Waals surface area (Å²) in [6, 6.07) is 9.47. The van der Waals surface area contributed by atoms with Gasteiger partial charge in [0.05, 0.1) is 13.3 Å². The first-order chi connectivity index (χ1) is 10.8. The second-order valence-electron chi connectivity index (χ2n) is 4.67. The van der Waals surface area contributed by atoms with Gasteiger partial charge in [0.25, 0.3) is 0 Å². The summed E-state index contributed by atoms with van der Waals surface area (Å²) in [5, 5.41) is 3.16. The van der Waals surface area contributed by atoms with E-state index in [9.17, 15) is 0 Å². The van der Waals surface area contributed by atoms with Gasteiger partial charge in [-0.3, -0.25) is 4.98 Å². The predicted molar refractivity (Wildman–Crippen MR) is 84.1 cm³/mol. The zero-order valence-electron chi connectivity index (χ0n) is 12.3. The van der Waals surface area contributed by atoms with Gasteiger partial charge in [-0.25, -0.2) is 15.0 Å². The predicted octanol–water partition coefficient (Wildman–Crippen LogP) is 2.99. The Morgan fingerprint density at radius 1 is 1.05 bits per heavy atom. The molecular formula is C16H15N5O. The summed E-state index contributed by atoms with van der Waals surface area (Å²) in [6.07, 6.45) is 5.07. The van der Waals surface area contributed by atoms with Crippen molar-refractivity contribution in [2.45, 2.75) is 6.92 Å². The van der Waals surface area contributed by atoms with Gasteiger partial charge in [-0.1, -0.05) is 6.07 Å². The molecule has 6 nitrogen and oxygen atoms in total. The number of hydrogen-bond acceptors (Lipinski definition) is 6. The lowest BCUT2D eigenvalue weighted by Gasteiger charge is -2.10. The fraction of sp³-hybridized carbons (Fsp3) is 0.125. The van der Waals surface area contributed by atoms with Crippen LogP contribution in [-0.2, 0) is 0 Å². The molecule has 0 bridgehead atoms. The van der Waals surface area contributed by atoms with Crippen LogP contribution >= 0.6 is 0 Å². The minimum absolute atomic E-state index is 0.525. The molecule has 0 fully saturated rings. The maximum absolute atomic E-state index is 5.30. The third-order valence-corrected chi connectivity index (χ3v) is 3.03. The number of anilines is 2. The van der Waals surface area contributed by atoms with Crippen LogP contribution in [0.1, 0.15) is 5.56 Å². The molecule has 0 aliphatic heterocycles. The Kier molecular flexibility index (Phi) is 3.91. The lowest BCUT2D eigenvalue weighted by atomic mass is 10.3. The second-order valence-corrected chi connectivity index (χ2v) is 4.67. The van der Waals surface area contributed by atoms with E-state index in [4.69, 9.17) is 4.74 Å². The number of rotatable bonds is 4. The molecule has 0 unspecified atom stereocenters. The highest BCUT2D eigenvalue weighted by Gasteiger charge is 2.10. The number of methoxy groups -OCH3 is 1. The SMILES string of the molecule is COc1cnc(-c2ccccn2)nc1Nc1cc(C)ccn1. The van der Waals surface area contributed by atoms with Crippen LogP contribution in [0.25, 0.3) is 11.5 Å². The molecule has 0 aliphatic rings. The van der Waals surface area contributed by atoms with Gasteiger partial charge >= 0.3 is 0 Å². The van der Waals surface area contributed by atoms with Crippen molar-refractivity contribution in [1.82, 2.24) is 19.9 Å². The van der Waals surface area contributed by atoms with Gasteiger partial charge in [-0.15, -0.1) is 0 Å². The Labute approximate surface area is 128 Å². The average Bonchev–Trinajstić information content (AvgIpc) is 2.56. The van der Waals surface area contributed by atoms with Crippen LogP contribution in [-0.4, -0.2) is 27.0 Å². The van der Waals surface area contributed by atoms with Crippen LogP contribution < -0.4 is 10.1 Å². The normalized spacial score (nSPS) is 10.3. The molecule has 3 heterocycles. The molecule has 110 valence electrons. The quantitative estimate of drug-likeness (QED) is 0.797. The molecule has 0 atom stereocenters. The minimum Gasteiger partial charge on any atom is -0.491 e. The molecule has 0 aliphatic carbocycles. The largest absolute Gasteiger partial charge is 0.491 e. The monoisotopic (exact) mass is 293 g/mol. The van der Waals surface area contributed by atoms with Crippen LogP contribution in [0.4, 0.5) is 11.6 Å². The van der Waals surface area contributed by atoms with Crippen molar-refractivity contribution in [2.24, 2.45) is 0 Å². The van der Waals surface area contributed by atoms with Gasteiger partial charge in [-0.05, 0) is 36.8 Å². The third-order valence-electron chi connectivity index (χ3n) is 3.03. The van der Waals surface area contributed by atoms with Crippen molar-refractivity contribution in [1.29, 1.82) is 0 Å². The highest BCUT2D eigenvalue weighted by molar-refractivity contribution is 5.62. The second kappa shape index (κ2) is 6.17. The lowest BCUT2D eigenvalue weighted by molar-refractivity contribution is 0.413. The van der Waals surface area contributed by atoms with E-state index in [2.05, 4.69) is 25.3 Å². The summed E-state index contributed by atoms with van der Waals surface area (Å²) >= 11 is 0. The van der Waals surface area contributed by atoms with Crippen molar-refractivity contribution in [3.8, 4) is 17.3 Å². The maximum Gasteiger partial charge on any atom is 0.180 e. The van der Waals surface area contributed by atoms with Crippen molar-refractivity contribution < 1.29 is 4.74 Å². The summed E-state index contributed by atoms with van der Waals surface area (Å²) in [7, 11) is 1.58. The fourth-order valence-electron chi connectivity index (χ4n) is 1.95. The highest BCUT2D eigenvalue weighted by atomic mass is 16.5. The first-order valence-electron chi connectivity index (χ1n) is 6.78. The summed E-state index contributed by atoms with van der Waals surface area (Å²) in [5.41, 5.74) is 1.81. The van der Waals surface area contributed by atoms with Gasteiger partial charge in [0.2, 0.25) is 0 Å². The van der Waals surface area contributed by atoms with Gasteiger partial charge in [0.15, 0.2) is 17.4 Å². The smallest absolute Gasteiger partial charge is 0.180 e. The van der Waals surface area contributed by atoms with Crippen molar-refractivity contribution in [3.05, 3.63) is 54.5 Å². The molecule has 0 aromatic carbocycles. The van der Waals surface area contributed by atoms with E-state index in [1.54, 1.807) is 25.7 Å². The molecule has 0 amide bonds. The number of nitrogens with one attached hydrogen (secondary N) is 1. The van der Waals surface area contributed by atoms with Crippen LogP contribution in [0.5, 0.6) is 5.75 Å². The average molecular weight is 293 g/mol. The Morgan fingerprint density at radius 2 is 1.95 bits per heavy atom. The molecule has 1 N–H and O–H groups in total. The van der Waals surface area contributed by atoms with E-state index in [0.717, 1.165) is 5.56 Å². The first-order valence-corrected chi connectivity index (χ1v) is 6.78. The summed E-state index contributed by atoms with van der Waals surface area (Å²) < 4.78 is 5.30. The minimum atomic E-state index is 0.525. The van der Waals surface area contributed by atoms with Gasteiger partial charge in [0, 0.05) is 12.4 Å². The van der Waals surface area contributed by atoms with Crippen molar-refractivity contribution in [3.63, 3.8) is 0 Å². The number of aryl methyl sites for hydroxylation is 1. The van der Waals surface area contributed by atoms with Gasteiger partial charge in [-0.2, -0.15) is 0 Å². The van der Waals surface area contributed by atoms with Crippen molar-refractivity contribution >= 4 is 11.6 Å². The van der Waals surface area contributed by atoms with E-state index in [1.165, 1.54) is 0 Å². The third kappa shape index (κ3) is 3.01. The molecule has 22 heavy (non-hydrogen) atoms. The van der Waals surface area contributed by atoms with Gasteiger partial charge in [0.1, 0.15) is 11.5 Å². The van der Waals surface area contributed by atoms with Crippen LogP contribution in [0.2, 0.25) is 0 Å². The molecule has 0 saturated carbocycles. The van der Waals surface area contributed by atoms with Crippen LogP contribution in [0.3, 0.4) is 0 Å². The highest BCUT2D eigenvalue weighted by Crippen LogP contribution is 2.26. The number of hydrogen-bond donors (Lipinski definition) is 1. The number of aromatic nitrogens is 4. The van der Waals surface area contributed by atoms with E-state index in [-0.39, 0.29) is 0 Å². The Morgan fingerprint density at radius 3 is 2.68 bits per heavy atom. The van der Waals surface area contributed by atoms with E-state index in [0.29, 0.717) is 28.9 Å². The van der Waals surface area contributed by atoms with E-state index >= 15 is 0 Å². The first kappa shape index (κ1) is 13.9. The molecule has 3 rings (SSSR count). The molecular weight excluding hydrogens is 278 g/mol. The van der Waals surface area contributed by atoms with E-state index in [1.807, 2.05) is 37.3 Å². The zero-order valence-corrected chi connectivity index (χ0v) is 12.3. The van der Waals surface area contributed by atoms with Crippen LogP contribution in [0.15, 0.2) is 48.9 Å². The molecule has 0 spiro atoms. The zero-order chi connectivity index (χ0) is 15.4. The summed E-state index contributed by atoms with van der Waals surface area (Å²) in [6.45, 7) is 2.00. The topological polar surface area (TPSA) is 72.8 Å². The van der Waals surface area contributed by atoms with E-state index < -0.39 is 0 Å². The summed E-state index contributed by atoms with van der Waals surface area (Å²) in [4.78, 5) is 17.3. The molecule has 0 saturated heterocycles. The molecule has 3 aromatic heterocycles. The van der Waals surface area contributed by atoms with Crippen LogP contribution in [0, 0.1) is 6.92 Å². The number of ether oxygens (including phenoxy) is 1. The standard InChI is InChI=1S/C16H15N5O/c1-11-6-8-18-14(9-11)20-16-13(22-2)10-19-15(21-16)12-5-3-4-7-17-12/h3-10H,1-2H3,(H,18,19,20,21).